The summed E-state index contributed by atoms with van der Waals surface area (Å²) in [5.41, 5.74) is 0. The van der Waals surface area contributed by atoms with Crippen molar-refractivity contribution in [3.05, 3.63) is 21.9 Å². The molecule has 3 heteroatoms. The zero-order valence-electron chi connectivity index (χ0n) is 8.03. The molecular formula is C11H14O2S. The summed E-state index contributed by atoms with van der Waals surface area (Å²) >= 11 is 1.43. The Morgan fingerprint density at radius 1 is 1.43 bits per heavy atom. The van der Waals surface area contributed by atoms with Crippen LogP contribution in [0.2, 0.25) is 0 Å². The average Bonchev–Trinajstić information content (AvgIpc) is 2.75. The zero-order chi connectivity index (χ0) is 9.97. The van der Waals surface area contributed by atoms with Crippen LogP contribution in [-0.4, -0.2) is 11.1 Å². The van der Waals surface area contributed by atoms with Crippen molar-refractivity contribution in [3.8, 4) is 0 Å². The van der Waals surface area contributed by atoms with Gasteiger partial charge < -0.3 is 5.11 Å². The number of carboxylic acid groups (broad SMARTS) is 1. The number of hydrogen-bond donors (Lipinski definition) is 1. The molecule has 0 spiro atoms. The van der Waals surface area contributed by atoms with E-state index in [9.17, 15) is 4.79 Å². The summed E-state index contributed by atoms with van der Waals surface area (Å²) in [6.45, 7) is 0. The fourth-order valence-corrected chi connectivity index (χ4v) is 3.06. The molecule has 0 atom stereocenters. The molecule has 0 amide bonds. The van der Waals surface area contributed by atoms with Crippen LogP contribution in [-0.2, 0) is 6.42 Å². The molecule has 76 valence electrons. The third kappa shape index (κ3) is 2.15. The first-order valence-electron chi connectivity index (χ1n) is 5.07. The van der Waals surface area contributed by atoms with Crippen LogP contribution in [0.3, 0.4) is 0 Å². The highest BCUT2D eigenvalue weighted by Gasteiger charge is 2.17. The van der Waals surface area contributed by atoms with Crippen molar-refractivity contribution in [2.75, 3.05) is 0 Å². The second kappa shape index (κ2) is 4.13. The minimum absolute atomic E-state index is 0.470. The summed E-state index contributed by atoms with van der Waals surface area (Å²) in [6, 6.07) is 3.68. The van der Waals surface area contributed by atoms with Crippen molar-refractivity contribution < 1.29 is 9.90 Å². The van der Waals surface area contributed by atoms with Crippen molar-refractivity contribution >= 4 is 17.3 Å². The Hall–Kier alpha value is -0.830. The van der Waals surface area contributed by atoms with Crippen LogP contribution in [0.5, 0.6) is 0 Å². The third-order valence-corrected chi connectivity index (χ3v) is 3.93. The first-order valence-corrected chi connectivity index (χ1v) is 5.89. The van der Waals surface area contributed by atoms with Gasteiger partial charge in [-0.1, -0.05) is 25.7 Å². The Bertz CT molecular complexity index is 324. The quantitative estimate of drug-likeness (QED) is 0.832. The van der Waals surface area contributed by atoms with Crippen LogP contribution in [0.4, 0.5) is 0 Å². The summed E-state index contributed by atoms with van der Waals surface area (Å²) in [7, 11) is 0. The maximum Gasteiger partial charge on any atom is 0.345 e. The molecule has 1 N–H and O–H groups in total. The molecule has 1 aliphatic rings. The molecule has 0 unspecified atom stereocenters. The Balaban J connectivity index is 1.98. The minimum Gasteiger partial charge on any atom is -0.477 e. The zero-order valence-corrected chi connectivity index (χ0v) is 8.85. The molecule has 1 fully saturated rings. The lowest BCUT2D eigenvalue weighted by atomic mass is 10.0. The molecule has 1 aliphatic carbocycles. The molecule has 2 nitrogen and oxygen atoms in total. The first-order chi connectivity index (χ1) is 6.75. The molecule has 0 radical (unpaired) electrons. The molecule has 1 aromatic heterocycles. The van der Waals surface area contributed by atoms with Gasteiger partial charge in [-0.05, 0) is 24.5 Å². The normalized spacial score (nSPS) is 17.4. The number of aromatic carboxylic acids is 1. The maximum atomic E-state index is 10.7. The van der Waals surface area contributed by atoms with Gasteiger partial charge in [0.25, 0.3) is 0 Å². The summed E-state index contributed by atoms with van der Waals surface area (Å²) in [4.78, 5) is 12.4. The second-order valence-electron chi connectivity index (χ2n) is 3.93. The Morgan fingerprint density at radius 3 is 2.71 bits per heavy atom. The second-order valence-corrected chi connectivity index (χ2v) is 5.09. The van der Waals surface area contributed by atoms with Crippen molar-refractivity contribution in [2.24, 2.45) is 5.92 Å². The molecule has 0 bridgehead atoms. The Kier molecular flexibility index (Phi) is 2.87. The molecule has 14 heavy (non-hydrogen) atoms. The van der Waals surface area contributed by atoms with Crippen LogP contribution in [0.25, 0.3) is 0 Å². The number of thiophene rings is 1. The molecule has 0 saturated heterocycles. The Morgan fingerprint density at radius 2 is 2.14 bits per heavy atom. The predicted octanol–water partition coefficient (Wildman–Crippen LogP) is 3.18. The summed E-state index contributed by atoms with van der Waals surface area (Å²) in [5.74, 6) is 0.00275. The van der Waals surface area contributed by atoms with Crippen molar-refractivity contribution in [1.82, 2.24) is 0 Å². The highest BCUT2D eigenvalue weighted by molar-refractivity contribution is 7.13. The number of rotatable bonds is 3. The van der Waals surface area contributed by atoms with Gasteiger partial charge in [-0.25, -0.2) is 4.79 Å². The fourth-order valence-electron chi connectivity index (χ4n) is 2.10. The van der Waals surface area contributed by atoms with Gasteiger partial charge in [0.05, 0.1) is 0 Å². The molecule has 0 aliphatic heterocycles. The fraction of sp³-hybridized carbons (Fsp3) is 0.545. The van der Waals surface area contributed by atoms with E-state index in [-0.39, 0.29) is 0 Å². The summed E-state index contributed by atoms with van der Waals surface area (Å²) in [6.07, 6.45) is 6.42. The monoisotopic (exact) mass is 210 g/mol. The molecule has 1 saturated carbocycles. The molecule has 2 rings (SSSR count). The largest absolute Gasteiger partial charge is 0.477 e. The first kappa shape index (κ1) is 9.71. The lowest BCUT2D eigenvalue weighted by molar-refractivity contribution is 0.0702. The van der Waals surface area contributed by atoms with Gasteiger partial charge in [0.15, 0.2) is 0 Å². The number of hydrogen-bond acceptors (Lipinski definition) is 2. The van der Waals surface area contributed by atoms with Crippen molar-refractivity contribution in [3.63, 3.8) is 0 Å². The molecular weight excluding hydrogens is 196 g/mol. The van der Waals surface area contributed by atoms with Gasteiger partial charge in [-0.3, -0.25) is 0 Å². The van der Waals surface area contributed by atoms with Crippen LogP contribution in [0, 0.1) is 5.92 Å². The average molecular weight is 210 g/mol. The van der Waals surface area contributed by atoms with E-state index in [1.165, 1.54) is 41.9 Å². The SMILES string of the molecule is O=C(O)c1ccc(CC2CCCC2)s1. The van der Waals surface area contributed by atoms with E-state index in [0.717, 1.165) is 12.3 Å². The van der Waals surface area contributed by atoms with Crippen molar-refractivity contribution in [1.29, 1.82) is 0 Å². The van der Waals surface area contributed by atoms with Gasteiger partial charge in [-0.15, -0.1) is 11.3 Å². The topological polar surface area (TPSA) is 37.3 Å². The third-order valence-electron chi connectivity index (χ3n) is 2.84. The minimum atomic E-state index is -0.798. The van der Waals surface area contributed by atoms with Gasteiger partial charge in [0.2, 0.25) is 0 Å². The van der Waals surface area contributed by atoms with Gasteiger partial charge >= 0.3 is 5.97 Å². The standard InChI is InChI=1S/C11H14O2S/c12-11(13)10-6-5-9(14-10)7-8-3-1-2-4-8/h5-6,8H,1-4,7H2,(H,12,13). The van der Waals surface area contributed by atoms with Crippen LogP contribution in [0.15, 0.2) is 12.1 Å². The summed E-state index contributed by atoms with van der Waals surface area (Å²) in [5, 5.41) is 8.77. The molecule has 0 aromatic carbocycles. The smallest absolute Gasteiger partial charge is 0.345 e. The highest BCUT2D eigenvalue weighted by Crippen LogP contribution is 2.30. The van der Waals surface area contributed by atoms with E-state index in [4.69, 9.17) is 5.11 Å². The highest BCUT2D eigenvalue weighted by atomic mass is 32.1. The van der Waals surface area contributed by atoms with Gasteiger partial charge in [0, 0.05) is 4.88 Å². The lowest BCUT2D eigenvalue weighted by Crippen LogP contribution is -1.96. The molecule has 1 aromatic rings. The van der Waals surface area contributed by atoms with Crippen LogP contribution >= 0.6 is 11.3 Å². The maximum absolute atomic E-state index is 10.7. The van der Waals surface area contributed by atoms with E-state index >= 15 is 0 Å². The summed E-state index contributed by atoms with van der Waals surface area (Å²) < 4.78 is 0. The van der Waals surface area contributed by atoms with Gasteiger partial charge in [-0.2, -0.15) is 0 Å². The van der Waals surface area contributed by atoms with E-state index in [2.05, 4.69) is 0 Å². The predicted molar refractivity (Wildman–Crippen MR) is 56.9 cm³/mol. The van der Waals surface area contributed by atoms with E-state index in [1.807, 2.05) is 6.07 Å². The number of carbonyl (C=O) groups is 1. The van der Waals surface area contributed by atoms with E-state index in [1.54, 1.807) is 6.07 Å². The lowest BCUT2D eigenvalue weighted by Gasteiger charge is -2.05. The van der Waals surface area contributed by atoms with E-state index < -0.39 is 5.97 Å². The number of carboxylic acids is 1. The Labute approximate surface area is 87.6 Å². The van der Waals surface area contributed by atoms with Crippen LogP contribution in [0.1, 0.15) is 40.2 Å². The van der Waals surface area contributed by atoms with Gasteiger partial charge in [0.1, 0.15) is 4.88 Å². The van der Waals surface area contributed by atoms with Crippen molar-refractivity contribution in [2.45, 2.75) is 32.1 Å². The van der Waals surface area contributed by atoms with E-state index in [0.29, 0.717) is 4.88 Å². The van der Waals surface area contributed by atoms with Crippen LogP contribution < -0.4 is 0 Å². The molecule has 1 heterocycles.